The Morgan fingerprint density at radius 2 is 1.89 bits per heavy atom. The van der Waals surface area contributed by atoms with Crippen LogP contribution in [0.1, 0.15) is 42.7 Å². The number of fused-ring (bicyclic) bond motifs is 3. The lowest BCUT2D eigenvalue weighted by molar-refractivity contribution is -0.659. The van der Waals surface area contributed by atoms with Crippen molar-refractivity contribution >= 4 is 21.5 Å². The van der Waals surface area contributed by atoms with E-state index in [0.717, 1.165) is 16.9 Å². The van der Waals surface area contributed by atoms with Gasteiger partial charge in [-0.1, -0.05) is 18.9 Å². The molecule has 0 amide bonds. The minimum absolute atomic E-state index is 0.672. The summed E-state index contributed by atoms with van der Waals surface area (Å²) in [5, 5.41) is 4.88. The maximum absolute atomic E-state index is 6.55. The molecule has 1 saturated carbocycles. The predicted octanol–water partition coefficient (Wildman–Crippen LogP) is 5.95. The fourth-order valence-corrected chi connectivity index (χ4v) is 5.25. The molecule has 3 heteroatoms. The molecule has 0 spiro atoms. The molecular formula is C25H23N2O+. The lowest BCUT2D eigenvalue weighted by atomic mass is 9.89. The highest BCUT2D eigenvalue weighted by atomic mass is 16.5. The second-order valence-electron chi connectivity index (χ2n) is 8.31. The second kappa shape index (κ2) is 5.78. The van der Waals surface area contributed by atoms with Crippen LogP contribution in [0.2, 0.25) is 0 Å². The first-order valence-corrected chi connectivity index (χ1v) is 10.2. The number of nitrogens with zero attached hydrogens (tertiary/aromatic N) is 2. The predicted molar refractivity (Wildman–Crippen MR) is 112 cm³/mol. The average Bonchev–Trinajstić information content (AvgIpc) is 3.25. The Bertz CT molecular complexity index is 1270. The molecule has 3 nitrogen and oxygen atoms in total. The van der Waals surface area contributed by atoms with Crippen molar-refractivity contribution in [1.82, 2.24) is 4.98 Å². The van der Waals surface area contributed by atoms with E-state index < -0.39 is 0 Å². The third kappa shape index (κ3) is 2.16. The van der Waals surface area contributed by atoms with Gasteiger partial charge in [-0.2, -0.15) is 0 Å². The topological polar surface area (TPSA) is 26.0 Å². The van der Waals surface area contributed by atoms with Gasteiger partial charge in [-0.3, -0.25) is 4.98 Å². The van der Waals surface area contributed by atoms with Crippen LogP contribution in [0.25, 0.3) is 32.8 Å². The van der Waals surface area contributed by atoms with Crippen molar-refractivity contribution in [3.05, 3.63) is 60.0 Å². The quantitative estimate of drug-likeness (QED) is 0.342. The van der Waals surface area contributed by atoms with Crippen LogP contribution in [0.15, 0.2) is 48.9 Å². The summed E-state index contributed by atoms with van der Waals surface area (Å²) in [4.78, 5) is 4.31. The SMILES string of the molecule is Cc1c2c(cc3cnccc13)Oc1cc(C3CCCC3)cc3cc[n+](C)c-2c13. The fourth-order valence-electron chi connectivity index (χ4n) is 5.25. The molecule has 6 rings (SSSR count). The summed E-state index contributed by atoms with van der Waals surface area (Å²) in [6.07, 6.45) is 11.3. The van der Waals surface area contributed by atoms with Crippen molar-refractivity contribution in [1.29, 1.82) is 0 Å². The van der Waals surface area contributed by atoms with Crippen LogP contribution in [-0.4, -0.2) is 4.98 Å². The number of hydrogen-bond acceptors (Lipinski definition) is 2. The van der Waals surface area contributed by atoms with E-state index in [1.54, 1.807) is 0 Å². The minimum atomic E-state index is 0.672. The van der Waals surface area contributed by atoms with Gasteiger partial charge in [0.15, 0.2) is 6.20 Å². The molecule has 1 aliphatic heterocycles. The van der Waals surface area contributed by atoms with Crippen LogP contribution < -0.4 is 9.30 Å². The van der Waals surface area contributed by atoms with Crippen molar-refractivity contribution < 1.29 is 9.30 Å². The summed E-state index contributed by atoms with van der Waals surface area (Å²) in [5.41, 5.74) is 5.14. The third-order valence-corrected chi connectivity index (χ3v) is 6.67. The summed E-state index contributed by atoms with van der Waals surface area (Å²) in [7, 11) is 2.13. The van der Waals surface area contributed by atoms with Crippen LogP contribution in [-0.2, 0) is 7.05 Å². The Labute approximate surface area is 164 Å². The van der Waals surface area contributed by atoms with Crippen LogP contribution in [0.4, 0.5) is 0 Å². The summed E-state index contributed by atoms with van der Waals surface area (Å²) in [6, 6.07) is 11.2. The third-order valence-electron chi connectivity index (χ3n) is 6.67. The average molecular weight is 367 g/mol. The number of pyridine rings is 2. The molecule has 0 atom stereocenters. The lowest BCUT2D eigenvalue weighted by Crippen LogP contribution is -2.31. The molecule has 2 aliphatic rings. The van der Waals surface area contributed by atoms with E-state index >= 15 is 0 Å². The van der Waals surface area contributed by atoms with Gasteiger partial charge in [0.2, 0.25) is 5.69 Å². The highest BCUT2D eigenvalue weighted by molar-refractivity contribution is 6.05. The smallest absolute Gasteiger partial charge is 0.228 e. The van der Waals surface area contributed by atoms with Crippen molar-refractivity contribution in [3.8, 4) is 22.8 Å². The Kier molecular flexibility index (Phi) is 3.31. The number of hydrogen-bond donors (Lipinski definition) is 0. The molecule has 4 aromatic rings. The summed E-state index contributed by atoms with van der Waals surface area (Å²) >= 11 is 0. The summed E-state index contributed by atoms with van der Waals surface area (Å²) < 4.78 is 8.79. The van der Waals surface area contributed by atoms with E-state index in [0.29, 0.717) is 5.92 Å². The Morgan fingerprint density at radius 3 is 2.75 bits per heavy atom. The molecule has 2 aromatic carbocycles. The first-order valence-electron chi connectivity index (χ1n) is 10.2. The lowest BCUT2D eigenvalue weighted by Gasteiger charge is -2.23. The molecule has 2 aromatic heterocycles. The van der Waals surface area contributed by atoms with E-state index in [-0.39, 0.29) is 0 Å². The minimum Gasteiger partial charge on any atom is -0.456 e. The van der Waals surface area contributed by atoms with Crippen LogP contribution in [0.5, 0.6) is 11.5 Å². The Morgan fingerprint density at radius 1 is 1.04 bits per heavy atom. The number of rotatable bonds is 1. The molecule has 1 fully saturated rings. The monoisotopic (exact) mass is 367 g/mol. The number of aromatic nitrogens is 2. The zero-order valence-corrected chi connectivity index (χ0v) is 16.3. The fraction of sp³-hybridized carbons (Fsp3) is 0.280. The number of ether oxygens (including phenoxy) is 1. The van der Waals surface area contributed by atoms with Crippen molar-refractivity contribution in [3.63, 3.8) is 0 Å². The van der Waals surface area contributed by atoms with Gasteiger partial charge in [0.05, 0.1) is 10.9 Å². The molecule has 0 saturated heterocycles. The maximum atomic E-state index is 6.55. The summed E-state index contributed by atoms with van der Waals surface area (Å²) in [5.74, 6) is 2.61. The second-order valence-corrected chi connectivity index (χ2v) is 8.31. The van der Waals surface area contributed by atoms with Gasteiger partial charge in [-0.15, -0.1) is 0 Å². The number of benzene rings is 2. The molecule has 3 heterocycles. The van der Waals surface area contributed by atoms with Gasteiger partial charge < -0.3 is 4.74 Å². The summed E-state index contributed by atoms with van der Waals surface area (Å²) in [6.45, 7) is 2.20. The van der Waals surface area contributed by atoms with Gasteiger partial charge in [-0.25, -0.2) is 4.57 Å². The van der Waals surface area contributed by atoms with E-state index in [2.05, 4.69) is 60.1 Å². The highest BCUT2D eigenvalue weighted by Gasteiger charge is 2.31. The highest BCUT2D eigenvalue weighted by Crippen LogP contribution is 2.49. The zero-order chi connectivity index (χ0) is 18.8. The molecule has 0 radical (unpaired) electrons. The Balaban J connectivity index is 1.69. The van der Waals surface area contributed by atoms with Crippen molar-refractivity contribution in [2.75, 3.05) is 0 Å². The molecule has 138 valence electrons. The standard InChI is InChI=1S/C25H23N2O/c1-15-20-7-9-26-14-19(20)13-21-23(15)25-24-17(8-10-27(25)2)11-18(12-22(24)28-21)16-5-3-4-6-16/h7-14,16H,3-6H2,1-2H3/q+1. The molecular weight excluding hydrogens is 344 g/mol. The largest absolute Gasteiger partial charge is 0.456 e. The van der Waals surface area contributed by atoms with Crippen LogP contribution in [0.3, 0.4) is 0 Å². The first-order chi connectivity index (χ1) is 13.7. The van der Waals surface area contributed by atoms with Gasteiger partial charge in [0, 0.05) is 23.8 Å². The Hall–Kier alpha value is -2.94. The van der Waals surface area contributed by atoms with Crippen LogP contribution >= 0.6 is 0 Å². The molecule has 0 N–H and O–H groups in total. The van der Waals surface area contributed by atoms with Gasteiger partial charge >= 0.3 is 0 Å². The van der Waals surface area contributed by atoms with E-state index in [9.17, 15) is 0 Å². The van der Waals surface area contributed by atoms with Gasteiger partial charge in [0.25, 0.3) is 0 Å². The zero-order valence-electron chi connectivity index (χ0n) is 16.3. The molecule has 28 heavy (non-hydrogen) atoms. The van der Waals surface area contributed by atoms with Crippen molar-refractivity contribution in [2.24, 2.45) is 7.05 Å². The van der Waals surface area contributed by atoms with Gasteiger partial charge in [0.1, 0.15) is 18.5 Å². The number of aryl methyl sites for hydroxylation is 2. The van der Waals surface area contributed by atoms with E-state index in [1.165, 1.54) is 64.2 Å². The normalized spacial score (nSPS) is 15.8. The first kappa shape index (κ1) is 16.1. The van der Waals surface area contributed by atoms with Crippen molar-refractivity contribution in [2.45, 2.75) is 38.5 Å². The van der Waals surface area contributed by atoms with Gasteiger partial charge in [-0.05, 0) is 65.8 Å². The molecule has 0 bridgehead atoms. The maximum Gasteiger partial charge on any atom is 0.228 e. The molecule has 0 unspecified atom stereocenters. The van der Waals surface area contributed by atoms with E-state index in [4.69, 9.17) is 4.74 Å². The molecule has 1 aliphatic carbocycles. The van der Waals surface area contributed by atoms with Crippen LogP contribution in [0, 0.1) is 6.92 Å². The van der Waals surface area contributed by atoms with E-state index in [1.807, 2.05) is 12.4 Å².